The summed E-state index contributed by atoms with van der Waals surface area (Å²) < 4.78 is 4.10. The minimum Gasteiger partial charge on any atom is -0.339 e. The molecule has 0 aliphatic carbocycles. The molecule has 8 heteroatoms. The molecule has 7 nitrogen and oxygen atoms in total. The maximum Gasteiger partial charge on any atom is 0.296 e. The van der Waals surface area contributed by atoms with E-state index in [1.807, 2.05) is 91.3 Å². The number of aryl methyl sites for hydroxylation is 2. The molecule has 1 N–H and O–H groups in total. The molecular formula is C26H19N5O2S. The van der Waals surface area contributed by atoms with Crippen molar-refractivity contribution in [2.75, 3.05) is 5.32 Å². The molecule has 0 aliphatic rings. The van der Waals surface area contributed by atoms with Crippen LogP contribution in [0.2, 0.25) is 0 Å². The van der Waals surface area contributed by atoms with E-state index < -0.39 is 5.91 Å². The number of thiazole rings is 1. The standard InChI is InChI=1S/C26H19N5O2S/c1-15-11-13-16(14-12-15)31-25(33)23-21(17-7-3-5-9-19(17)30(23)2)22(29-31)24(32)28-26-27-18-8-4-6-10-20(18)34-26/h3-14H,1-2H3,(H,27,28,32). The van der Waals surface area contributed by atoms with Gasteiger partial charge in [0.25, 0.3) is 11.5 Å². The van der Waals surface area contributed by atoms with E-state index in [0.717, 1.165) is 26.7 Å². The summed E-state index contributed by atoms with van der Waals surface area (Å²) in [6, 6.07) is 22.8. The van der Waals surface area contributed by atoms with Crippen LogP contribution in [0.5, 0.6) is 0 Å². The molecular weight excluding hydrogens is 446 g/mol. The molecule has 0 unspecified atom stereocenters. The normalized spacial score (nSPS) is 11.5. The summed E-state index contributed by atoms with van der Waals surface area (Å²) in [6.45, 7) is 1.98. The van der Waals surface area contributed by atoms with Crippen molar-refractivity contribution in [3.8, 4) is 5.69 Å². The SMILES string of the molecule is Cc1ccc(-n2nc(C(=O)Nc3nc4ccccc4s3)c3c4ccccc4n(C)c3c2=O)cc1. The molecule has 0 spiro atoms. The first-order chi connectivity index (χ1) is 16.5. The Morgan fingerprint density at radius 2 is 1.71 bits per heavy atom. The second-order valence-corrected chi connectivity index (χ2v) is 9.17. The topological polar surface area (TPSA) is 81.8 Å². The number of amides is 1. The Bertz CT molecular complexity index is 1760. The average molecular weight is 466 g/mol. The summed E-state index contributed by atoms with van der Waals surface area (Å²) in [5, 5.41) is 9.29. The first-order valence-electron chi connectivity index (χ1n) is 10.8. The van der Waals surface area contributed by atoms with Crippen molar-refractivity contribution in [2.24, 2.45) is 7.05 Å². The van der Waals surface area contributed by atoms with Crippen LogP contribution < -0.4 is 10.9 Å². The number of rotatable bonds is 3. The maximum atomic E-state index is 13.6. The number of nitrogens with one attached hydrogen (secondary N) is 1. The molecule has 34 heavy (non-hydrogen) atoms. The second-order valence-electron chi connectivity index (χ2n) is 8.14. The molecule has 0 atom stereocenters. The lowest BCUT2D eigenvalue weighted by Crippen LogP contribution is -2.27. The predicted octanol–water partition coefficient (Wildman–Crippen LogP) is 5.05. The molecule has 3 aromatic heterocycles. The van der Waals surface area contributed by atoms with E-state index in [2.05, 4.69) is 15.4 Å². The molecule has 3 aromatic carbocycles. The van der Waals surface area contributed by atoms with Crippen LogP contribution >= 0.6 is 11.3 Å². The third-order valence-corrected chi connectivity index (χ3v) is 6.90. The first kappa shape index (κ1) is 20.3. The maximum absolute atomic E-state index is 13.6. The second kappa shape index (κ2) is 7.64. The molecule has 1 amide bonds. The van der Waals surface area contributed by atoms with Crippen molar-refractivity contribution < 1.29 is 4.79 Å². The van der Waals surface area contributed by atoms with Crippen molar-refractivity contribution in [1.82, 2.24) is 19.3 Å². The van der Waals surface area contributed by atoms with Gasteiger partial charge in [-0.15, -0.1) is 0 Å². The van der Waals surface area contributed by atoms with Gasteiger partial charge in [-0.25, -0.2) is 4.98 Å². The van der Waals surface area contributed by atoms with Crippen LogP contribution in [0, 0.1) is 6.92 Å². The Hall–Kier alpha value is -4.30. The van der Waals surface area contributed by atoms with E-state index in [4.69, 9.17) is 0 Å². The third kappa shape index (κ3) is 3.11. The zero-order valence-corrected chi connectivity index (χ0v) is 19.3. The Morgan fingerprint density at radius 3 is 2.50 bits per heavy atom. The van der Waals surface area contributed by atoms with Crippen LogP contribution in [0.25, 0.3) is 37.7 Å². The highest BCUT2D eigenvalue weighted by Gasteiger charge is 2.24. The summed E-state index contributed by atoms with van der Waals surface area (Å²) in [4.78, 5) is 31.7. The van der Waals surface area contributed by atoms with Crippen molar-refractivity contribution in [3.63, 3.8) is 0 Å². The van der Waals surface area contributed by atoms with Crippen molar-refractivity contribution in [1.29, 1.82) is 0 Å². The quantitative estimate of drug-likeness (QED) is 0.397. The molecule has 0 saturated carbocycles. The molecule has 0 fully saturated rings. The third-order valence-electron chi connectivity index (χ3n) is 5.95. The van der Waals surface area contributed by atoms with E-state index in [1.165, 1.54) is 16.0 Å². The van der Waals surface area contributed by atoms with Crippen LogP contribution in [-0.2, 0) is 7.05 Å². The van der Waals surface area contributed by atoms with Crippen LogP contribution in [0.4, 0.5) is 5.13 Å². The van der Waals surface area contributed by atoms with Gasteiger partial charge >= 0.3 is 0 Å². The lowest BCUT2D eigenvalue weighted by atomic mass is 10.1. The minimum atomic E-state index is -0.415. The summed E-state index contributed by atoms with van der Waals surface area (Å²) in [6.07, 6.45) is 0. The number of benzene rings is 3. The number of fused-ring (bicyclic) bond motifs is 4. The summed E-state index contributed by atoms with van der Waals surface area (Å²) in [7, 11) is 1.83. The van der Waals surface area contributed by atoms with Gasteiger partial charge < -0.3 is 4.57 Å². The monoisotopic (exact) mass is 465 g/mol. The Morgan fingerprint density at radius 1 is 0.971 bits per heavy atom. The summed E-state index contributed by atoms with van der Waals surface area (Å²) in [5.74, 6) is -0.415. The summed E-state index contributed by atoms with van der Waals surface area (Å²) >= 11 is 1.40. The molecule has 0 saturated heterocycles. The van der Waals surface area contributed by atoms with Gasteiger partial charge in [-0.1, -0.05) is 59.4 Å². The van der Waals surface area contributed by atoms with Crippen LogP contribution in [0.1, 0.15) is 16.1 Å². The van der Waals surface area contributed by atoms with Crippen molar-refractivity contribution in [2.45, 2.75) is 6.92 Å². The lowest BCUT2D eigenvalue weighted by molar-refractivity contribution is 0.102. The lowest BCUT2D eigenvalue weighted by Gasteiger charge is -2.10. The van der Waals surface area contributed by atoms with Gasteiger partial charge in [-0.2, -0.15) is 9.78 Å². The number of hydrogen-bond donors (Lipinski definition) is 1. The fraction of sp³-hybridized carbons (Fsp3) is 0.0769. The Labute approximate surface area is 197 Å². The van der Waals surface area contributed by atoms with E-state index >= 15 is 0 Å². The molecule has 3 heterocycles. The predicted molar refractivity (Wildman–Crippen MR) is 136 cm³/mol. The van der Waals surface area contributed by atoms with Gasteiger partial charge in [-0.05, 0) is 37.3 Å². The Balaban J connectivity index is 1.60. The molecule has 0 bridgehead atoms. The molecule has 0 aliphatic heterocycles. The zero-order chi connectivity index (χ0) is 23.4. The molecule has 6 rings (SSSR count). The highest BCUT2D eigenvalue weighted by atomic mass is 32.1. The number of carbonyl (C=O) groups excluding carboxylic acids is 1. The fourth-order valence-corrected chi connectivity index (χ4v) is 5.14. The smallest absolute Gasteiger partial charge is 0.296 e. The number of aromatic nitrogens is 4. The van der Waals surface area contributed by atoms with E-state index in [1.54, 1.807) is 0 Å². The Kier molecular flexibility index (Phi) is 4.56. The van der Waals surface area contributed by atoms with E-state index in [0.29, 0.717) is 21.7 Å². The van der Waals surface area contributed by atoms with E-state index in [-0.39, 0.29) is 11.3 Å². The van der Waals surface area contributed by atoms with Crippen molar-refractivity contribution in [3.05, 3.63) is 94.4 Å². The average Bonchev–Trinajstić information content (AvgIpc) is 3.39. The fourth-order valence-electron chi connectivity index (χ4n) is 4.28. The van der Waals surface area contributed by atoms with Gasteiger partial charge in [0.15, 0.2) is 10.8 Å². The minimum absolute atomic E-state index is 0.172. The number of anilines is 1. The molecule has 166 valence electrons. The van der Waals surface area contributed by atoms with Gasteiger partial charge in [0, 0.05) is 23.3 Å². The van der Waals surface area contributed by atoms with E-state index in [9.17, 15) is 9.59 Å². The highest BCUT2D eigenvalue weighted by Crippen LogP contribution is 2.30. The van der Waals surface area contributed by atoms with Crippen LogP contribution in [-0.4, -0.2) is 25.2 Å². The van der Waals surface area contributed by atoms with Crippen LogP contribution in [0.3, 0.4) is 0 Å². The van der Waals surface area contributed by atoms with Crippen molar-refractivity contribution >= 4 is 54.4 Å². The van der Waals surface area contributed by atoms with Gasteiger partial charge in [0.05, 0.1) is 15.9 Å². The van der Waals surface area contributed by atoms with Gasteiger partial charge in [0.2, 0.25) is 0 Å². The number of nitrogens with zero attached hydrogens (tertiary/aromatic N) is 4. The van der Waals surface area contributed by atoms with Crippen LogP contribution in [0.15, 0.2) is 77.6 Å². The summed E-state index contributed by atoms with van der Waals surface area (Å²) in [5.41, 5.74) is 3.64. The first-order valence-corrected chi connectivity index (χ1v) is 11.6. The zero-order valence-electron chi connectivity index (χ0n) is 18.4. The van der Waals surface area contributed by atoms with Gasteiger partial charge in [-0.3, -0.25) is 14.9 Å². The number of hydrogen-bond acceptors (Lipinski definition) is 5. The molecule has 0 radical (unpaired) electrons. The van der Waals surface area contributed by atoms with Gasteiger partial charge in [0.1, 0.15) is 5.52 Å². The number of para-hydroxylation sites is 2. The molecule has 6 aromatic rings. The highest BCUT2D eigenvalue weighted by molar-refractivity contribution is 7.22. The largest absolute Gasteiger partial charge is 0.339 e. The number of carbonyl (C=O) groups is 1.